The Morgan fingerprint density at radius 1 is 1.10 bits per heavy atom. The van der Waals surface area contributed by atoms with E-state index < -0.39 is 16.9 Å². The highest BCUT2D eigenvalue weighted by Gasteiger charge is 2.20. The average Bonchev–Trinajstić information content (AvgIpc) is 3.00. The van der Waals surface area contributed by atoms with Crippen LogP contribution in [0.2, 0.25) is 5.28 Å². The van der Waals surface area contributed by atoms with E-state index in [0.717, 1.165) is 21.1 Å². The number of halogens is 1. The average molecular weight is 429 g/mol. The van der Waals surface area contributed by atoms with Crippen LogP contribution in [-0.4, -0.2) is 18.7 Å². The monoisotopic (exact) mass is 428 g/mol. The second kappa shape index (κ2) is 6.98. The summed E-state index contributed by atoms with van der Waals surface area (Å²) in [5.74, 6) is 0.286. The summed E-state index contributed by atoms with van der Waals surface area (Å²) in [6.07, 6.45) is 0. The normalized spacial score (nSPS) is 11.8. The Morgan fingerprint density at radius 2 is 1.80 bits per heavy atom. The molecule has 3 aromatic heterocycles. The Balaban J connectivity index is 2.02. The fourth-order valence-corrected chi connectivity index (χ4v) is 4.10. The van der Waals surface area contributed by atoms with Crippen LogP contribution in [0.5, 0.6) is 0 Å². The van der Waals surface area contributed by atoms with Crippen LogP contribution in [0.25, 0.3) is 22.1 Å². The van der Waals surface area contributed by atoms with Crippen LogP contribution >= 0.6 is 11.6 Å². The molecular formula is C21H21ClN4O4. The zero-order chi connectivity index (χ0) is 21.9. The van der Waals surface area contributed by atoms with Gasteiger partial charge in [-0.2, -0.15) is 4.98 Å². The van der Waals surface area contributed by atoms with Gasteiger partial charge < -0.3 is 8.98 Å². The molecular weight excluding hydrogens is 408 g/mol. The zero-order valence-electron chi connectivity index (χ0n) is 17.3. The molecule has 1 aromatic carbocycles. The number of benzene rings is 1. The van der Waals surface area contributed by atoms with Crippen LogP contribution in [0.15, 0.2) is 37.0 Å². The number of nitrogens with zero attached hydrogens (tertiary/aromatic N) is 4. The molecule has 0 amide bonds. The molecule has 4 aromatic rings. The fraction of sp³-hybridized carbons (Fsp3) is 0.333. The highest BCUT2D eigenvalue weighted by atomic mass is 35.5. The molecule has 0 radical (unpaired) electrons. The number of aromatic nitrogens is 4. The zero-order valence-corrected chi connectivity index (χ0v) is 18.1. The Bertz CT molecular complexity index is 1500. The Morgan fingerprint density at radius 3 is 2.47 bits per heavy atom. The third-order valence-corrected chi connectivity index (χ3v) is 5.76. The first kappa shape index (κ1) is 20.2. The lowest BCUT2D eigenvalue weighted by atomic mass is 9.95. The maximum atomic E-state index is 12.8. The van der Waals surface area contributed by atoms with E-state index in [1.165, 1.54) is 29.3 Å². The molecule has 156 valence electrons. The van der Waals surface area contributed by atoms with Gasteiger partial charge in [0, 0.05) is 25.5 Å². The number of hydrogen-bond acceptors (Lipinski definition) is 5. The molecule has 0 aliphatic rings. The molecule has 0 bridgehead atoms. The van der Waals surface area contributed by atoms with Crippen molar-refractivity contribution >= 4 is 33.7 Å². The van der Waals surface area contributed by atoms with Gasteiger partial charge in [0.1, 0.15) is 5.58 Å². The first-order valence-electron chi connectivity index (χ1n) is 9.49. The van der Waals surface area contributed by atoms with Crippen molar-refractivity contribution in [3.05, 3.63) is 71.4 Å². The van der Waals surface area contributed by atoms with E-state index in [0.29, 0.717) is 11.1 Å². The molecule has 0 aliphatic heterocycles. The first-order chi connectivity index (χ1) is 14.1. The quantitative estimate of drug-likeness (QED) is 0.369. The van der Waals surface area contributed by atoms with Crippen LogP contribution < -0.4 is 16.9 Å². The second-order valence-corrected chi connectivity index (χ2v) is 8.13. The van der Waals surface area contributed by atoms with Gasteiger partial charge in [-0.1, -0.05) is 13.8 Å². The van der Waals surface area contributed by atoms with E-state index in [-0.39, 0.29) is 28.9 Å². The topological polar surface area (TPSA) is 92.0 Å². The summed E-state index contributed by atoms with van der Waals surface area (Å²) in [5.41, 5.74) is 2.21. The Labute approximate surface area is 175 Å². The van der Waals surface area contributed by atoms with E-state index in [4.69, 9.17) is 16.0 Å². The predicted octanol–water partition coefficient (Wildman–Crippen LogP) is 2.67. The first-order valence-corrected chi connectivity index (χ1v) is 9.87. The van der Waals surface area contributed by atoms with E-state index in [1.807, 2.05) is 19.1 Å². The summed E-state index contributed by atoms with van der Waals surface area (Å²) in [6.45, 7) is 6.30. The van der Waals surface area contributed by atoms with E-state index in [2.05, 4.69) is 18.8 Å². The largest absolute Gasteiger partial charge is 0.423 e. The summed E-state index contributed by atoms with van der Waals surface area (Å²) in [7, 11) is 2.93. The van der Waals surface area contributed by atoms with E-state index in [1.54, 1.807) is 0 Å². The molecule has 3 heterocycles. The Hall–Kier alpha value is -3.13. The summed E-state index contributed by atoms with van der Waals surface area (Å²) in [6, 6.07) is 5.26. The lowest BCUT2D eigenvalue weighted by Crippen LogP contribution is -2.37. The van der Waals surface area contributed by atoms with Gasteiger partial charge in [-0.25, -0.2) is 9.59 Å². The van der Waals surface area contributed by atoms with Gasteiger partial charge in [0.05, 0.1) is 6.54 Å². The van der Waals surface area contributed by atoms with Crippen LogP contribution in [0.3, 0.4) is 0 Å². The maximum Gasteiger partial charge on any atom is 0.336 e. The number of imidazole rings is 1. The summed E-state index contributed by atoms with van der Waals surface area (Å²) in [5, 5.41) is 0.823. The van der Waals surface area contributed by atoms with Crippen molar-refractivity contribution in [1.82, 2.24) is 18.7 Å². The molecule has 4 rings (SSSR count). The molecule has 0 saturated carbocycles. The van der Waals surface area contributed by atoms with Crippen LogP contribution in [0.1, 0.15) is 36.5 Å². The van der Waals surface area contributed by atoms with Gasteiger partial charge in [-0.3, -0.25) is 13.9 Å². The fourth-order valence-electron chi connectivity index (χ4n) is 3.88. The summed E-state index contributed by atoms with van der Waals surface area (Å²) < 4.78 is 9.21. The predicted molar refractivity (Wildman–Crippen MR) is 116 cm³/mol. The lowest BCUT2D eigenvalue weighted by molar-refractivity contribution is 0.557. The molecule has 0 aliphatic carbocycles. The van der Waals surface area contributed by atoms with E-state index in [9.17, 15) is 14.4 Å². The van der Waals surface area contributed by atoms with Gasteiger partial charge in [-0.05, 0) is 53.3 Å². The third-order valence-electron chi connectivity index (χ3n) is 5.47. The molecule has 8 nitrogen and oxygen atoms in total. The maximum absolute atomic E-state index is 12.8. The van der Waals surface area contributed by atoms with Gasteiger partial charge >= 0.3 is 11.3 Å². The Kier molecular flexibility index (Phi) is 4.69. The van der Waals surface area contributed by atoms with Crippen molar-refractivity contribution in [2.45, 2.75) is 33.2 Å². The number of aryl methyl sites for hydroxylation is 2. The minimum Gasteiger partial charge on any atom is -0.423 e. The standard InChI is InChI=1S/C21H21ClN4O4/c1-10(2)13-8-14-12(7-16(27)30-15(14)6-11(13)3)9-26-17-18(23-20(26)22)24(4)21(29)25(5)19(17)28/h6-8,10H,9H2,1-5H3. The molecule has 0 spiro atoms. The number of rotatable bonds is 3. The SMILES string of the molecule is Cc1cc2oc(=O)cc(Cn3c(Cl)nc4c3c(=O)n(C)c(=O)n4C)c2cc1C(C)C. The number of hydrogen-bond donors (Lipinski definition) is 0. The van der Waals surface area contributed by atoms with Crippen molar-refractivity contribution in [2.75, 3.05) is 0 Å². The highest BCUT2D eigenvalue weighted by molar-refractivity contribution is 6.29. The summed E-state index contributed by atoms with van der Waals surface area (Å²) >= 11 is 6.35. The van der Waals surface area contributed by atoms with Gasteiger partial charge in [0.25, 0.3) is 5.56 Å². The molecule has 0 fully saturated rings. The van der Waals surface area contributed by atoms with E-state index >= 15 is 0 Å². The van der Waals surface area contributed by atoms with Crippen molar-refractivity contribution in [3.63, 3.8) is 0 Å². The smallest absolute Gasteiger partial charge is 0.336 e. The van der Waals surface area contributed by atoms with Crippen molar-refractivity contribution < 1.29 is 4.42 Å². The van der Waals surface area contributed by atoms with Gasteiger partial charge in [0.15, 0.2) is 11.2 Å². The minimum absolute atomic E-state index is 0.0564. The summed E-state index contributed by atoms with van der Waals surface area (Å²) in [4.78, 5) is 41.4. The lowest BCUT2D eigenvalue weighted by Gasteiger charge is -2.14. The van der Waals surface area contributed by atoms with Gasteiger partial charge in [-0.15, -0.1) is 0 Å². The van der Waals surface area contributed by atoms with Crippen LogP contribution in [-0.2, 0) is 20.6 Å². The molecule has 9 heteroatoms. The number of fused-ring (bicyclic) bond motifs is 2. The minimum atomic E-state index is -0.501. The molecule has 0 N–H and O–H groups in total. The van der Waals surface area contributed by atoms with Gasteiger partial charge in [0.2, 0.25) is 5.28 Å². The molecule has 0 atom stereocenters. The molecule has 0 unspecified atom stereocenters. The van der Waals surface area contributed by atoms with Crippen molar-refractivity contribution in [2.24, 2.45) is 14.1 Å². The van der Waals surface area contributed by atoms with Crippen LogP contribution in [0.4, 0.5) is 0 Å². The van der Waals surface area contributed by atoms with Crippen LogP contribution in [0, 0.1) is 6.92 Å². The third kappa shape index (κ3) is 2.99. The second-order valence-electron chi connectivity index (χ2n) is 7.80. The molecule has 30 heavy (non-hydrogen) atoms. The molecule has 0 saturated heterocycles. The van der Waals surface area contributed by atoms with Crippen molar-refractivity contribution in [3.8, 4) is 0 Å². The van der Waals surface area contributed by atoms with Crippen molar-refractivity contribution in [1.29, 1.82) is 0 Å². The highest BCUT2D eigenvalue weighted by Crippen LogP contribution is 2.28.